The Morgan fingerprint density at radius 1 is 0.432 bits per heavy atom. The number of fused-ring (bicyclic) bond motifs is 9. The van der Waals surface area contributed by atoms with Gasteiger partial charge < -0.3 is 32.6 Å². The molecular weight excluding hydrogens is 1280 g/mol. The molecule has 7 nitrogen and oxygen atoms in total. The summed E-state index contributed by atoms with van der Waals surface area (Å²) in [5.74, 6) is 43.4. The molecule has 1 aliphatic rings. The molecule has 0 saturated carbocycles. The maximum absolute atomic E-state index is 8.58. The number of rotatable bonds is 4. The number of halogens is 3. The van der Waals surface area contributed by atoms with Gasteiger partial charge in [0, 0.05) is 43.4 Å². The summed E-state index contributed by atoms with van der Waals surface area (Å²) in [5, 5.41) is 25.2. The molecule has 1 aliphatic heterocycles. The van der Waals surface area contributed by atoms with Crippen LogP contribution in [0.15, 0.2) is 218 Å². The van der Waals surface area contributed by atoms with Gasteiger partial charge in [0.15, 0.2) is 5.58 Å². The quantitative estimate of drug-likeness (QED) is 0.103. The van der Waals surface area contributed by atoms with Crippen molar-refractivity contribution in [2.75, 3.05) is 0 Å². The van der Waals surface area contributed by atoms with Gasteiger partial charge in [0.25, 0.3) is 0 Å². The molecule has 1 saturated heterocycles. The minimum absolute atomic E-state index is 0. The molecule has 13 rings (SSSR count). The molecule has 2 N–H and O–H groups in total. The zero-order chi connectivity index (χ0) is 66.9. The van der Waals surface area contributed by atoms with Gasteiger partial charge in [-0.15, -0.1) is 18.8 Å². The van der Waals surface area contributed by atoms with E-state index in [2.05, 4.69) is 194 Å². The van der Waals surface area contributed by atoms with Crippen LogP contribution in [0, 0.1) is 126 Å². The van der Waals surface area contributed by atoms with Crippen LogP contribution in [-0.4, -0.2) is 35.5 Å². The predicted molar refractivity (Wildman–Crippen MR) is 399 cm³/mol. The van der Waals surface area contributed by atoms with E-state index in [1.54, 1.807) is 31.2 Å². The van der Waals surface area contributed by atoms with E-state index in [0.717, 1.165) is 98.0 Å². The SMILES string of the molecule is C.C#CC#CC#CC#CC#CC.C#CC#CC#CC#CC#C[CH2-].CC1(C)OB(c2ccc3c(oc4ccccc43)c2-c2ccccc2)OC1(C)C.Clc1ccc2c(oc3ccccc32)c1-c1ccccc1.Clc1ccc2c(oc3ccccc32)c1Br.OB(O)c1ccccc1. The molecule has 0 bridgehead atoms. The maximum Gasteiger partial charge on any atom is 0.495 e. The normalized spacial score (nSPS) is 11.2. The number of hydrogen-bond donors (Lipinski definition) is 2. The average Bonchev–Trinajstić information content (AvgIpc) is 1.62. The van der Waals surface area contributed by atoms with Gasteiger partial charge in [-0.2, -0.15) is 6.92 Å². The first-order valence-electron chi connectivity index (χ1n) is 28.9. The molecule has 9 aromatic carbocycles. The van der Waals surface area contributed by atoms with Crippen molar-refractivity contribution in [1.82, 2.24) is 0 Å². The van der Waals surface area contributed by atoms with Crippen LogP contribution in [0.1, 0.15) is 42.0 Å². The summed E-state index contributed by atoms with van der Waals surface area (Å²) in [7, 11) is -1.79. The zero-order valence-electron chi connectivity index (χ0n) is 51.6. The van der Waals surface area contributed by atoms with E-state index < -0.39 is 25.4 Å². The molecule has 4 heterocycles. The van der Waals surface area contributed by atoms with Crippen molar-refractivity contribution in [2.45, 2.75) is 53.2 Å². The summed E-state index contributed by atoms with van der Waals surface area (Å²) >= 11 is 15.8. The first-order valence-corrected chi connectivity index (χ1v) is 30.4. The van der Waals surface area contributed by atoms with Gasteiger partial charge >= 0.3 is 14.2 Å². The fraction of sp³-hybridized carbons (Fsp3) is 0.0964. The first kappa shape index (κ1) is 71.3. The third-order valence-corrected chi connectivity index (χ3v) is 16.0. The second kappa shape index (κ2) is 35.1. The standard InChI is InChI=1S/C24H23BO3.C18H11ClO.C12H6BrClO.C11H4.C11H3.C6H7BO2.CH4/c1-23(2)24(3,4)28-25(27-23)19-15-14-18-17-12-8-9-13-20(17)26-22(18)21(19)16-10-6-5-7-11-16;19-15-11-10-14-13-8-4-5-9-16(13)20-18(14)17(15)12-6-2-1-3-7-12;13-11-9(14)6-5-8-7-3-1-2-4-10(7)15-12(8)11;2*1-3-5-7-9-11-10-8-6-4-2;8-7(9)6-4-2-1-3-5-6;/h5-15H,1-4H3;1-11H;1-6H;1H,2H3;1H,2H2;1-5,8-9H;1H4/q;;;;-1;;. The molecule has 460 valence electrons. The smallest absolute Gasteiger partial charge is 0.455 e. The van der Waals surface area contributed by atoms with Gasteiger partial charge in [-0.3, -0.25) is 5.92 Å². The van der Waals surface area contributed by atoms with Crippen LogP contribution in [-0.2, 0) is 9.31 Å². The van der Waals surface area contributed by atoms with E-state index in [-0.39, 0.29) is 7.43 Å². The van der Waals surface area contributed by atoms with Crippen molar-refractivity contribution in [1.29, 1.82) is 0 Å². The summed E-state index contributed by atoms with van der Waals surface area (Å²) in [6.45, 7) is 13.3. The Morgan fingerprint density at radius 3 is 1.22 bits per heavy atom. The molecule has 0 atom stereocenters. The third-order valence-electron chi connectivity index (χ3n) is 14.4. The minimum atomic E-state index is -1.34. The molecule has 0 spiro atoms. The Hall–Kier alpha value is -11.1. The molecule has 0 aliphatic carbocycles. The van der Waals surface area contributed by atoms with E-state index in [4.69, 9.17) is 68.7 Å². The van der Waals surface area contributed by atoms with Crippen LogP contribution < -0.4 is 10.9 Å². The number of furan rings is 3. The second-order valence-corrected chi connectivity index (χ2v) is 22.4. The van der Waals surface area contributed by atoms with Crippen molar-refractivity contribution in [3.63, 3.8) is 0 Å². The van der Waals surface area contributed by atoms with E-state index in [1.807, 2.05) is 140 Å². The fourth-order valence-corrected chi connectivity index (χ4v) is 10.2. The lowest BCUT2D eigenvalue weighted by atomic mass is 9.74. The summed E-state index contributed by atoms with van der Waals surface area (Å²) in [6.07, 6.45) is 9.67. The lowest BCUT2D eigenvalue weighted by Crippen LogP contribution is -2.41. The van der Waals surface area contributed by atoms with Gasteiger partial charge in [-0.1, -0.05) is 194 Å². The molecule has 1 fully saturated rings. The van der Waals surface area contributed by atoms with E-state index in [0.29, 0.717) is 15.5 Å². The summed E-state index contributed by atoms with van der Waals surface area (Å²) in [6, 6.07) is 65.3. The van der Waals surface area contributed by atoms with Gasteiger partial charge in [-0.05, 0) is 198 Å². The van der Waals surface area contributed by atoms with Crippen LogP contribution in [0.4, 0.5) is 0 Å². The van der Waals surface area contributed by atoms with Gasteiger partial charge in [0.1, 0.15) is 27.9 Å². The molecule has 3 aromatic heterocycles. The Balaban J connectivity index is 0.000000169. The maximum atomic E-state index is 8.58. The number of para-hydroxylation sites is 3. The Labute approximate surface area is 575 Å². The Kier molecular flexibility index (Phi) is 26.3. The molecule has 95 heavy (non-hydrogen) atoms. The van der Waals surface area contributed by atoms with Crippen LogP contribution in [0.3, 0.4) is 0 Å². The molecular formula is C83H58B2BrCl2O7-. The second-order valence-electron chi connectivity index (χ2n) is 20.8. The van der Waals surface area contributed by atoms with Crippen molar-refractivity contribution >= 4 is 130 Å². The molecule has 0 unspecified atom stereocenters. The van der Waals surface area contributed by atoms with E-state index in [1.165, 1.54) is 0 Å². The average molecular weight is 1340 g/mol. The van der Waals surface area contributed by atoms with Crippen molar-refractivity contribution in [3.8, 4) is 142 Å². The highest BCUT2D eigenvalue weighted by Crippen LogP contribution is 2.42. The fourth-order valence-electron chi connectivity index (χ4n) is 9.36. The van der Waals surface area contributed by atoms with Crippen molar-refractivity contribution < 1.29 is 32.6 Å². The topological polar surface area (TPSA) is 98.3 Å². The van der Waals surface area contributed by atoms with E-state index in [9.17, 15) is 0 Å². The van der Waals surface area contributed by atoms with Gasteiger partial charge in [0.05, 0.1) is 25.7 Å². The summed E-state index contributed by atoms with van der Waals surface area (Å²) in [5.41, 5.74) is 10.1. The molecule has 12 heteroatoms. The Morgan fingerprint density at radius 2 is 0.789 bits per heavy atom. The zero-order valence-corrected chi connectivity index (χ0v) is 54.7. The Bertz CT molecular complexity index is 5250. The van der Waals surface area contributed by atoms with Crippen molar-refractivity contribution in [2.24, 2.45) is 0 Å². The minimum Gasteiger partial charge on any atom is -0.455 e. The lowest BCUT2D eigenvalue weighted by Gasteiger charge is -2.32. The van der Waals surface area contributed by atoms with E-state index >= 15 is 0 Å². The molecule has 12 aromatic rings. The number of benzene rings is 9. The van der Waals surface area contributed by atoms with Crippen molar-refractivity contribution in [3.05, 3.63) is 222 Å². The third kappa shape index (κ3) is 18.4. The largest absolute Gasteiger partial charge is 0.495 e. The molecule has 0 radical (unpaired) electrons. The highest BCUT2D eigenvalue weighted by molar-refractivity contribution is 9.10. The summed E-state index contributed by atoms with van der Waals surface area (Å²) < 4.78 is 31.7. The van der Waals surface area contributed by atoms with Crippen LogP contribution in [0.2, 0.25) is 10.0 Å². The highest BCUT2D eigenvalue weighted by Gasteiger charge is 2.52. The number of hydrogen-bond acceptors (Lipinski definition) is 7. The van der Waals surface area contributed by atoms with Gasteiger partial charge in [0.2, 0.25) is 0 Å². The predicted octanol–water partition coefficient (Wildman–Crippen LogP) is 17.6. The van der Waals surface area contributed by atoms with Crippen LogP contribution in [0.5, 0.6) is 0 Å². The van der Waals surface area contributed by atoms with Gasteiger partial charge in [-0.25, -0.2) is 5.92 Å². The van der Waals surface area contributed by atoms with Crippen LogP contribution in [0.25, 0.3) is 88.1 Å². The first-order chi connectivity index (χ1) is 45.6. The monoisotopic (exact) mass is 1340 g/mol. The molecule has 0 amide bonds. The lowest BCUT2D eigenvalue weighted by molar-refractivity contribution is 0.00578. The summed E-state index contributed by atoms with van der Waals surface area (Å²) in [4.78, 5) is 0. The highest BCUT2D eigenvalue weighted by atomic mass is 79.9. The number of terminal acetylenes is 2. The van der Waals surface area contributed by atoms with Crippen LogP contribution >= 0.6 is 39.1 Å².